The summed E-state index contributed by atoms with van der Waals surface area (Å²) in [6.45, 7) is 1.49. The molecule has 2 aliphatic rings. The van der Waals surface area contributed by atoms with Crippen LogP contribution in [0.25, 0.3) is 0 Å². The van der Waals surface area contributed by atoms with Crippen molar-refractivity contribution in [3.8, 4) is 0 Å². The second-order valence-electron chi connectivity index (χ2n) is 8.28. The van der Waals surface area contributed by atoms with Gasteiger partial charge in [-0.25, -0.2) is 17.8 Å². The lowest BCUT2D eigenvalue weighted by molar-refractivity contribution is -0.130. The van der Waals surface area contributed by atoms with Crippen molar-refractivity contribution in [3.63, 3.8) is 0 Å². The Morgan fingerprint density at radius 2 is 2.00 bits per heavy atom. The molecule has 1 aromatic carbocycles. The zero-order valence-corrected chi connectivity index (χ0v) is 19.6. The molecule has 1 aromatic heterocycles. The van der Waals surface area contributed by atoms with Crippen LogP contribution in [-0.2, 0) is 14.6 Å². The summed E-state index contributed by atoms with van der Waals surface area (Å²) in [5.74, 6) is -0.593. The van der Waals surface area contributed by atoms with E-state index in [-0.39, 0.29) is 28.4 Å². The Morgan fingerprint density at radius 3 is 2.64 bits per heavy atom. The second kappa shape index (κ2) is 9.49. The highest BCUT2D eigenvalue weighted by molar-refractivity contribution is 7.90. The van der Waals surface area contributed by atoms with E-state index in [1.807, 2.05) is 4.90 Å². The van der Waals surface area contributed by atoms with E-state index in [9.17, 15) is 22.7 Å². The fraction of sp³-hybridized carbons (Fsp3) is 0.550. The number of carbonyl (C=O) groups excluding carboxylic acids is 1. The van der Waals surface area contributed by atoms with Crippen LogP contribution in [0.15, 0.2) is 23.1 Å². The predicted molar refractivity (Wildman–Crippen MR) is 120 cm³/mol. The SMILES string of the molecule is CS(=O)(=O)c1ccc(N[C@H]2CCN(C3CCN(c4nc([C@H](O)CO)ns4)CC3)C2=O)c(F)c1. The third-order valence-electron chi connectivity index (χ3n) is 6.02. The molecular formula is C20H26FN5O5S2. The number of rotatable bonds is 7. The van der Waals surface area contributed by atoms with E-state index >= 15 is 0 Å². The van der Waals surface area contributed by atoms with Crippen LogP contribution < -0.4 is 10.2 Å². The van der Waals surface area contributed by atoms with E-state index in [4.69, 9.17) is 5.11 Å². The summed E-state index contributed by atoms with van der Waals surface area (Å²) in [4.78, 5) is 21.0. The molecule has 1 amide bonds. The number of hydrogen-bond acceptors (Lipinski definition) is 10. The molecule has 10 nitrogen and oxygen atoms in total. The highest BCUT2D eigenvalue weighted by Gasteiger charge is 2.37. The van der Waals surface area contributed by atoms with Gasteiger partial charge >= 0.3 is 0 Å². The minimum atomic E-state index is -3.51. The number of hydrogen-bond donors (Lipinski definition) is 3. The predicted octanol–water partition coefficient (Wildman–Crippen LogP) is 0.788. The van der Waals surface area contributed by atoms with Gasteiger partial charge in [0.1, 0.15) is 18.0 Å². The molecule has 0 saturated carbocycles. The average molecular weight is 500 g/mol. The van der Waals surface area contributed by atoms with Gasteiger partial charge in [0, 0.05) is 43.5 Å². The molecule has 0 unspecified atom stereocenters. The standard InChI is InChI=1S/C20H26FN5O5S2/c1-33(30,31)13-2-3-15(14(21)10-13)22-16-6-9-26(19(16)29)12-4-7-25(8-5-12)20-23-18(24-32-20)17(28)11-27/h2-3,10,12,16-17,22,27-28H,4-9,11H2,1H3/t16-,17+/m0/s1. The average Bonchev–Trinajstić information content (AvgIpc) is 3.42. The Bertz CT molecular complexity index is 1120. The van der Waals surface area contributed by atoms with E-state index in [0.29, 0.717) is 31.2 Å². The van der Waals surface area contributed by atoms with Gasteiger partial charge in [0.2, 0.25) is 11.0 Å². The lowest BCUT2D eigenvalue weighted by Gasteiger charge is -2.36. The minimum Gasteiger partial charge on any atom is -0.393 e. The molecule has 3 heterocycles. The summed E-state index contributed by atoms with van der Waals surface area (Å²) in [5, 5.41) is 22.3. The molecule has 0 aliphatic carbocycles. The molecule has 2 atom stereocenters. The third kappa shape index (κ3) is 5.10. The first-order valence-electron chi connectivity index (χ1n) is 10.6. The number of nitrogens with zero attached hydrogens (tertiary/aromatic N) is 4. The van der Waals surface area contributed by atoms with E-state index in [0.717, 1.165) is 25.2 Å². The van der Waals surface area contributed by atoms with Gasteiger partial charge in [0.05, 0.1) is 17.2 Å². The normalized spacial score (nSPS) is 21.0. The number of aliphatic hydroxyl groups excluding tert-OH is 2. The van der Waals surface area contributed by atoms with Gasteiger partial charge in [0.25, 0.3) is 0 Å². The zero-order valence-electron chi connectivity index (χ0n) is 18.0. The number of aliphatic hydroxyl groups is 2. The van der Waals surface area contributed by atoms with Crippen LogP contribution in [0.2, 0.25) is 0 Å². The first kappa shape index (κ1) is 23.8. The molecule has 2 aliphatic heterocycles. The summed E-state index contributed by atoms with van der Waals surface area (Å²) >= 11 is 1.17. The molecule has 2 saturated heterocycles. The third-order valence-corrected chi connectivity index (χ3v) is 7.92. The summed E-state index contributed by atoms with van der Waals surface area (Å²) in [6.07, 6.45) is 1.94. The summed E-state index contributed by atoms with van der Waals surface area (Å²) in [6, 6.07) is 3.14. The minimum absolute atomic E-state index is 0.0634. The number of likely N-dealkylation sites (tertiary alicyclic amines) is 1. The van der Waals surface area contributed by atoms with Crippen molar-refractivity contribution in [2.75, 3.05) is 42.7 Å². The summed E-state index contributed by atoms with van der Waals surface area (Å²) in [7, 11) is -3.51. The molecule has 180 valence electrons. The maximum absolute atomic E-state index is 14.4. The highest BCUT2D eigenvalue weighted by Crippen LogP contribution is 2.29. The summed E-state index contributed by atoms with van der Waals surface area (Å²) < 4.78 is 41.7. The van der Waals surface area contributed by atoms with E-state index in [1.54, 1.807) is 0 Å². The quantitative estimate of drug-likeness (QED) is 0.505. The molecule has 2 fully saturated rings. The number of sulfone groups is 1. The first-order chi connectivity index (χ1) is 15.7. The molecule has 4 rings (SSSR count). The highest BCUT2D eigenvalue weighted by atomic mass is 32.2. The largest absolute Gasteiger partial charge is 0.393 e. The van der Waals surface area contributed by atoms with Crippen LogP contribution in [0.5, 0.6) is 0 Å². The Hall–Kier alpha value is -2.35. The number of amides is 1. The number of aromatic nitrogens is 2. The Labute approximate surface area is 195 Å². The van der Waals surface area contributed by atoms with Crippen molar-refractivity contribution in [2.45, 2.75) is 42.3 Å². The van der Waals surface area contributed by atoms with Gasteiger partial charge in [-0.3, -0.25) is 4.79 Å². The maximum Gasteiger partial charge on any atom is 0.245 e. The van der Waals surface area contributed by atoms with Crippen molar-refractivity contribution >= 4 is 38.1 Å². The second-order valence-corrected chi connectivity index (χ2v) is 11.0. The van der Waals surface area contributed by atoms with Crippen molar-refractivity contribution in [3.05, 3.63) is 29.8 Å². The van der Waals surface area contributed by atoms with Crippen LogP contribution in [0.1, 0.15) is 31.2 Å². The van der Waals surface area contributed by atoms with Gasteiger partial charge in [-0.15, -0.1) is 0 Å². The van der Waals surface area contributed by atoms with Gasteiger partial charge in [-0.1, -0.05) is 0 Å². The fourth-order valence-corrected chi connectivity index (χ4v) is 5.57. The maximum atomic E-state index is 14.4. The number of carbonyl (C=O) groups is 1. The number of piperidine rings is 1. The molecule has 0 radical (unpaired) electrons. The van der Waals surface area contributed by atoms with Crippen molar-refractivity contribution in [1.82, 2.24) is 14.3 Å². The number of nitrogens with one attached hydrogen (secondary N) is 1. The smallest absolute Gasteiger partial charge is 0.245 e. The monoisotopic (exact) mass is 499 g/mol. The topological polar surface area (TPSA) is 136 Å². The Morgan fingerprint density at radius 1 is 1.27 bits per heavy atom. The van der Waals surface area contributed by atoms with Crippen LogP contribution >= 0.6 is 11.5 Å². The van der Waals surface area contributed by atoms with Crippen LogP contribution in [0.3, 0.4) is 0 Å². The van der Waals surface area contributed by atoms with Gasteiger partial charge in [0.15, 0.2) is 15.7 Å². The first-order valence-corrected chi connectivity index (χ1v) is 13.3. The van der Waals surface area contributed by atoms with Gasteiger partial charge in [-0.2, -0.15) is 4.37 Å². The van der Waals surface area contributed by atoms with Crippen molar-refractivity contribution < 1.29 is 27.8 Å². The summed E-state index contributed by atoms with van der Waals surface area (Å²) in [5.41, 5.74) is 0.106. The molecule has 13 heteroatoms. The van der Waals surface area contributed by atoms with Crippen LogP contribution in [0.4, 0.5) is 15.2 Å². The molecule has 0 spiro atoms. The number of halogens is 1. The molecular weight excluding hydrogens is 473 g/mol. The van der Waals surface area contributed by atoms with Gasteiger partial charge in [-0.05, 0) is 37.5 Å². The fourth-order valence-electron chi connectivity index (χ4n) is 4.17. The van der Waals surface area contributed by atoms with Crippen molar-refractivity contribution in [1.29, 1.82) is 0 Å². The van der Waals surface area contributed by atoms with Gasteiger partial charge < -0.3 is 25.3 Å². The molecule has 2 aromatic rings. The van der Waals surface area contributed by atoms with Crippen molar-refractivity contribution in [2.24, 2.45) is 0 Å². The van der Waals surface area contributed by atoms with Crippen LogP contribution in [0, 0.1) is 5.82 Å². The van der Waals surface area contributed by atoms with E-state index in [1.165, 1.54) is 23.7 Å². The van der Waals surface area contributed by atoms with E-state index in [2.05, 4.69) is 19.6 Å². The number of benzene rings is 1. The Balaban J connectivity index is 1.34. The number of anilines is 2. The lowest BCUT2D eigenvalue weighted by Crippen LogP contribution is -2.47. The zero-order chi connectivity index (χ0) is 23.8. The lowest BCUT2D eigenvalue weighted by atomic mass is 10.0. The molecule has 33 heavy (non-hydrogen) atoms. The molecule has 3 N–H and O–H groups in total. The van der Waals surface area contributed by atoms with E-state index < -0.39 is 34.4 Å². The Kier molecular flexibility index (Phi) is 6.84. The molecule has 0 bridgehead atoms. The van der Waals surface area contributed by atoms with Crippen LogP contribution in [-0.4, -0.2) is 83.4 Å².